The third kappa shape index (κ3) is 4.42. The molecule has 0 aromatic heterocycles. The molecule has 2 aliphatic carbocycles. The van der Waals surface area contributed by atoms with Crippen LogP contribution in [0.3, 0.4) is 0 Å². The first kappa shape index (κ1) is 15.2. The van der Waals surface area contributed by atoms with Crippen LogP contribution in [0.25, 0.3) is 0 Å². The molecule has 0 aromatic rings. The highest BCUT2D eigenvalue weighted by molar-refractivity contribution is 8.48. The van der Waals surface area contributed by atoms with Crippen LogP contribution in [-0.2, 0) is 0 Å². The maximum atomic E-state index is 5.69. The summed E-state index contributed by atoms with van der Waals surface area (Å²) in [5.74, 6) is 0. The Morgan fingerprint density at radius 3 is 1.39 bits per heavy atom. The standard InChI is InChI=1S/C15H26S3/c1-14(9-5-3-6-10-14)17-13(16)18-15(2)11-7-4-8-12-15/h3-12H2,1-2H3. The van der Waals surface area contributed by atoms with Crippen molar-refractivity contribution in [2.75, 3.05) is 0 Å². The highest BCUT2D eigenvalue weighted by atomic mass is 32.2. The van der Waals surface area contributed by atoms with E-state index in [9.17, 15) is 0 Å². The minimum absolute atomic E-state index is 0.438. The smallest absolute Gasteiger partial charge is 0.101 e. The SMILES string of the molecule is CC1(SC(=S)SC2(C)CCCCC2)CCCCC1. The second-order valence-electron chi connectivity index (χ2n) is 6.48. The molecular formula is C15H26S3. The van der Waals surface area contributed by atoms with Gasteiger partial charge in [0, 0.05) is 9.49 Å². The van der Waals surface area contributed by atoms with Crippen molar-refractivity contribution in [2.45, 2.75) is 87.5 Å². The summed E-state index contributed by atoms with van der Waals surface area (Å²) in [7, 11) is 0. The molecule has 0 radical (unpaired) electrons. The Morgan fingerprint density at radius 1 is 0.722 bits per heavy atom. The molecule has 0 nitrogen and oxygen atoms in total. The summed E-state index contributed by atoms with van der Waals surface area (Å²) in [6, 6.07) is 0. The van der Waals surface area contributed by atoms with E-state index in [1.54, 1.807) is 0 Å². The fraction of sp³-hybridized carbons (Fsp3) is 0.933. The molecule has 0 spiro atoms. The first-order valence-electron chi connectivity index (χ1n) is 7.43. The van der Waals surface area contributed by atoms with E-state index in [-0.39, 0.29) is 0 Å². The van der Waals surface area contributed by atoms with Crippen molar-refractivity contribution in [2.24, 2.45) is 0 Å². The molecule has 0 N–H and O–H groups in total. The Hall–Kier alpha value is 0.790. The van der Waals surface area contributed by atoms with Crippen molar-refractivity contribution in [1.29, 1.82) is 0 Å². The van der Waals surface area contributed by atoms with Crippen molar-refractivity contribution in [3.8, 4) is 0 Å². The highest BCUT2D eigenvalue weighted by Crippen LogP contribution is 2.47. The summed E-state index contributed by atoms with van der Waals surface area (Å²) in [5.41, 5.74) is 0. The molecular weight excluding hydrogens is 276 g/mol. The van der Waals surface area contributed by atoms with E-state index < -0.39 is 0 Å². The van der Waals surface area contributed by atoms with Crippen LogP contribution in [0.2, 0.25) is 0 Å². The summed E-state index contributed by atoms with van der Waals surface area (Å²) in [5, 5.41) is 0. The van der Waals surface area contributed by atoms with Crippen molar-refractivity contribution in [3.05, 3.63) is 0 Å². The number of hydrogen-bond acceptors (Lipinski definition) is 3. The van der Waals surface area contributed by atoms with Crippen molar-refractivity contribution >= 4 is 39.3 Å². The molecule has 0 bridgehead atoms. The van der Waals surface area contributed by atoms with E-state index in [2.05, 4.69) is 13.8 Å². The Labute approximate surface area is 126 Å². The predicted molar refractivity (Wildman–Crippen MR) is 90.8 cm³/mol. The number of rotatable bonds is 2. The molecule has 0 atom stereocenters. The van der Waals surface area contributed by atoms with Gasteiger partial charge in [-0.2, -0.15) is 0 Å². The average molecular weight is 303 g/mol. The van der Waals surface area contributed by atoms with Crippen LogP contribution in [0.5, 0.6) is 0 Å². The van der Waals surface area contributed by atoms with Gasteiger partial charge in [0.15, 0.2) is 0 Å². The number of hydrogen-bond donors (Lipinski definition) is 0. The summed E-state index contributed by atoms with van der Waals surface area (Å²) in [6.45, 7) is 4.85. The fourth-order valence-electron chi connectivity index (χ4n) is 3.23. The Bertz CT molecular complexity index is 258. The van der Waals surface area contributed by atoms with Crippen LogP contribution < -0.4 is 0 Å². The molecule has 2 fully saturated rings. The molecule has 0 unspecified atom stereocenters. The topological polar surface area (TPSA) is 0 Å². The highest BCUT2D eigenvalue weighted by Gasteiger charge is 2.33. The largest absolute Gasteiger partial charge is 0.105 e. The van der Waals surface area contributed by atoms with Gasteiger partial charge in [-0.15, -0.1) is 23.5 Å². The Balaban J connectivity index is 1.83. The van der Waals surface area contributed by atoms with Gasteiger partial charge in [0.25, 0.3) is 0 Å². The zero-order valence-electron chi connectivity index (χ0n) is 11.8. The first-order chi connectivity index (χ1) is 8.52. The first-order valence-corrected chi connectivity index (χ1v) is 9.48. The molecule has 0 heterocycles. The second-order valence-corrected chi connectivity index (χ2v) is 10.9. The van der Waals surface area contributed by atoms with Gasteiger partial charge in [-0.25, -0.2) is 0 Å². The molecule has 104 valence electrons. The summed E-state index contributed by atoms with van der Waals surface area (Å²) in [4.78, 5) is 0. The van der Waals surface area contributed by atoms with E-state index in [4.69, 9.17) is 12.2 Å². The molecule has 0 aliphatic heterocycles. The fourth-order valence-corrected chi connectivity index (χ4v) is 7.60. The van der Waals surface area contributed by atoms with Crippen molar-refractivity contribution in [1.82, 2.24) is 0 Å². The third-order valence-corrected chi connectivity index (χ3v) is 7.62. The zero-order chi connectivity index (χ0) is 13.1. The summed E-state index contributed by atoms with van der Waals surface area (Å²) < 4.78 is 2.09. The normalized spacial score (nSPS) is 26.8. The Morgan fingerprint density at radius 2 is 1.06 bits per heavy atom. The Kier molecular flexibility index (Phi) is 5.48. The number of thiocarbonyl (C=S) groups is 1. The second kappa shape index (κ2) is 6.49. The lowest BCUT2D eigenvalue weighted by atomic mass is 9.90. The zero-order valence-corrected chi connectivity index (χ0v) is 14.2. The van der Waals surface area contributed by atoms with Crippen LogP contribution in [0.1, 0.15) is 78.1 Å². The molecule has 0 amide bonds. The molecule has 0 aromatic carbocycles. The molecule has 2 saturated carbocycles. The predicted octanol–water partition coefficient (Wildman–Crippen LogP) is 6.18. The maximum Gasteiger partial charge on any atom is 0.105 e. The summed E-state index contributed by atoms with van der Waals surface area (Å²) >= 11 is 9.70. The lowest BCUT2D eigenvalue weighted by Crippen LogP contribution is -2.28. The van der Waals surface area contributed by atoms with Gasteiger partial charge in [-0.05, 0) is 25.7 Å². The van der Waals surface area contributed by atoms with Gasteiger partial charge in [0.2, 0.25) is 0 Å². The average Bonchev–Trinajstić information content (AvgIpc) is 2.29. The van der Waals surface area contributed by atoms with E-state index in [0.29, 0.717) is 9.49 Å². The minimum atomic E-state index is 0.438. The molecule has 2 aliphatic rings. The van der Waals surface area contributed by atoms with Gasteiger partial charge in [-0.1, -0.05) is 64.6 Å². The quantitative estimate of drug-likeness (QED) is 0.559. The number of thioether (sulfide) groups is 2. The molecule has 0 saturated heterocycles. The van der Waals surface area contributed by atoms with Crippen molar-refractivity contribution < 1.29 is 0 Å². The van der Waals surface area contributed by atoms with Gasteiger partial charge in [-0.3, -0.25) is 0 Å². The molecule has 2 rings (SSSR count). The third-order valence-electron chi connectivity index (χ3n) is 4.48. The van der Waals surface area contributed by atoms with Crippen LogP contribution in [0.4, 0.5) is 0 Å². The van der Waals surface area contributed by atoms with Crippen LogP contribution in [0, 0.1) is 0 Å². The van der Waals surface area contributed by atoms with E-state index >= 15 is 0 Å². The van der Waals surface area contributed by atoms with E-state index in [0.717, 1.165) is 0 Å². The summed E-state index contributed by atoms with van der Waals surface area (Å²) in [6.07, 6.45) is 13.9. The lowest BCUT2D eigenvalue weighted by molar-refractivity contribution is 0.422. The van der Waals surface area contributed by atoms with Crippen LogP contribution >= 0.6 is 35.7 Å². The van der Waals surface area contributed by atoms with Crippen LogP contribution in [0.15, 0.2) is 0 Å². The monoisotopic (exact) mass is 302 g/mol. The van der Waals surface area contributed by atoms with Crippen molar-refractivity contribution in [3.63, 3.8) is 0 Å². The van der Waals surface area contributed by atoms with E-state index in [1.165, 1.54) is 67.7 Å². The lowest BCUT2D eigenvalue weighted by Gasteiger charge is -2.36. The van der Waals surface area contributed by atoms with Crippen LogP contribution in [-0.4, -0.2) is 13.0 Å². The van der Waals surface area contributed by atoms with Gasteiger partial charge < -0.3 is 0 Å². The minimum Gasteiger partial charge on any atom is -0.101 e. The maximum absolute atomic E-state index is 5.69. The molecule has 18 heavy (non-hydrogen) atoms. The van der Waals surface area contributed by atoms with E-state index in [1.807, 2.05) is 23.5 Å². The molecule has 3 heteroatoms. The van der Waals surface area contributed by atoms with Gasteiger partial charge in [0.1, 0.15) is 3.53 Å². The van der Waals surface area contributed by atoms with Gasteiger partial charge >= 0.3 is 0 Å². The van der Waals surface area contributed by atoms with Gasteiger partial charge in [0.05, 0.1) is 0 Å².